The van der Waals surface area contributed by atoms with E-state index in [1.807, 2.05) is 0 Å². The Hall–Kier alpha value is -0.570. The van der Waals surface area contributed by atoms with Gasteiger partial charge in [-0.1, -0.05) is 13.8 Å². The highest BCUT2D eigenvalue weighted by Gasteiger charge is 2.04. The number of nitrogens with zero attached hydrogens (tertiary/aromatic N) is 1. The minimum Gasteiger partial charge on any atom is -0.468 e. The molecule has 1 atom stereocenters. The number of ether oxygens (including phenoxy) is 1. The van der Waals surface area contributed by atoms with Crippen LogP contribution >= 0.6 is 0 Å². The molecule has 0 radical (unpaired) electrons. The van der Waals surface area contributed by atoms with Gasteiger partial charge in [0.2, 0.25) is 0 Å². The molecule has 0 aromatic rings. The van der Waals surface area contributed by atoms with Crippen LogP contribution in [0.2, 0.25) is 0 Å². The van der Waals surface area contributed by atoms with Gasteiger partial charge in [-0.2, -0.15) is 0 Å². The van der Waals surface area contributed by atoms with Crippen molar-refractivity contribution in [2.45, 2.75) is 39.5 Å². The largest absolute Gasteiger partial charge is 0.468 e. The molecule has 0 amide bonds. The van der Waals surface area contributed by atoms with E-state index in [4.69, 9.17) is 0 Å². The summed E-state index contributed by atoms with van der Waals surface area (Å²) < 4.78 is 4.66. The lowest BCUT2D eigenvalue weighted by Crippen LogP contribution is -2.22. The van der Waals surface area contributed by atoms with Crippen molar-refractivity contribution in [3.63, 3.8) is 0 Å². The van der Waals surface area contributed by atoms with E-state index < -0.39 is 0 Å². The van der Waals surface area contributed by atoms with Crippen molar-refractivity contribution >= 4 is 6.47 Å². The Morgan fingerprint density at radius 1 is 1.33 bits per heavy atom. The fraction of sp³-hybridized carbons (Fsp3) is 0.917. The standard InChI is InChI=1S/C12H25NO2/c1-4-8-13(3)9-7-12(2)6-5-10-15-11-14/h11-12H,4-10H2,1-3H3. The van der Waals surface area contributed by atoms with Gasteiger partial charge in [0.05, 0.1) is 6.61 Å². The third kappa shape index (κ3) is 9.73. The van der Waals surface area contributed by atoms with Crippen LogP contribution in [0.15, 0.2) is 0 Å². The smallest absolute Gasteiger partial charge is 0.293 e. The van der Waals surface area contributed by atoms with E-state index in [0.29, 0.717) is 13.1 Å². The highest BCUT2D eigenvalue weighted by molar-refractivity contribution is 5.36. The van der Waals surface area contributed by atoms with Gasteiger partial charge in [0.15, 0.2) is 0 Å². The van der Waals surface area contributed by atoms with Crippen LogP contribution in [-0.4, -0.2) is 38.1 Å². The summed E-state index contributed by atoms with van der Waals surface area (Å²) in [6, 6.07) is 0. The van der Waals surface area contributed by atoms with E-state index in [2.05, 4.69) is 30.5 Å². The number of rotatable bonds is 10. The highest BCUT2D eigenvalue weighted by atomic mass is 16.5. The molecular formula is C12H25NO2. The van der Waals surface area contributed by atoms with Crippen molar-refractivity contribution in [2.75, 3.05) is 26.7 Å². The third-order valence-corrected chi connectivity index (χ3v) is 2.64. The molecule has 0 rings (SSSR count). The first-order chi connectivity index (χ1) is 7.20. The van der Waals surface area contributed by atoms with Crippen molar-refractivity contribution in [1.29, 1.82) is 0 Å². The minimum atomic E-state index is 0.527. The van der Waals surface area contributed by atoms with Gasteiger partial charge < -0.3 is 9.64 Å². The Kier molecular flexibility index (Phi) is 9.59. The summed E-state index contributed by atoms with van der Waals surface area (Å²) in [5, 5.41) is 0. The molecule has 0 bridgehead atoms. The molecule has 1 unspecified atom stereocenters. The zero-order valence-corrected chi connectivity index (χ0v) is 10.4. The maximum absolute atomic E-state index is 9.91. The molecule has 0 aromatic carbocycles. The lowest BCUT2D eigenvalue weighted by atomic mass is 10.0. The number of hydrogen-bond acceptors (Lipinski definition) is 3. The normalized spacial score (nSPS) is 12.8. The average molecular weight is 215 g/mol. The molecule has 0 aliphatic carbocycles. The molecule has 0 aliphatic rings. The van der Waals surface area contributed by atoms with Crippen LogP contribution in [0.25, 0.3) is 0 Å². The van der Waals surface area contributed by atoms with Gasteiger partial charge in [0.25, 0.3) is 6.47 Å². The van der Waals surface area contributed by atoms with Crippen LogP contribution in [0.1, 0.15) is 39.5 Å². The van der Waals surface area contributed by atoms with Crippen LogP contribution in [0.4, 0.5) is 0 Å². The van der Waals surface area contributed by atoms with E-state index in [1.54, 1.807) is 0 Å². The van der Waals surface area contributed by atoms with Crippen molar-refractivity contribution < 1.29 is 9.53 Å². The molecule has 15 heavy (non-hydrogen) atoms. The summed E-state index contributed by atoms with van der Waals surface area (Å²) in [6.07, 6.45) is 4.58. The van der Waals surface area contributed by atoms with Gasteiger partial charge >= 0.3 is 0 Å². The second-order valence-electron chi connectivity index (χ2n) is 4.31. The Morgan fingerprint density at radius 3 is 2.67 bits per heavy atom. The van der Waals surface area contributed by atoms with Crippen molar-refractivity contribution in [1.82, 2.24) is 4.90 Å². The molecule has 90 valence electrons. The van der Waals surface area contributed by atoms with Crippen molar-refractivity contribution in [2.24, 2.45) is 5.92 Å². The molecule has 0 N–H and O–H groups in total. The second-order valence-corrected chi connectivity index (χ2v) is 4.31. The number of carbonyl (C=O) groups excluding carboxylic acids is 1. The molecule has 0 saturated heterocycles. The zero-order chi connectivity index (χ0) is 11.5. The molecule has 3 heteroatoms. The van der Waals surface area contributed by atoms with Crippen LogP contribution in [-0.2, 0) is 9.53 Å². The SMILES string of the molecule is CCCN(C)CCC(C)CCCOC=O. The fourth-order valence-corrected chi connectivity index (χ4v) is 1.64. The predicted molar refractivity (Wildman–Crippen MR) is 62.8 cm³/mol. The van der Waals surface area contributed by atoms with E-state index in [-0.39, 0.29) is 0 Å². The molecule has 0 saturated carbocycles. The Bertz CT molecular complexity index is 151. The van der Waals surface area contributed by atoms with Crippen LogP contribution in [0.5, 0.6) is 0 Å². The quantitative estimate of drug-likeness (QED) is 0.414. The van der Waals surface area contributed by atoms with E-state index in [1.165, 1.54) is 25.9 Å². The minimum absolute atomic E-state index is 0.527. The first-order valence-corrected chi connectivity index (χ1v) is 5.94. The van der Waals surface area contributed by atoms with Gasteiger partial charge in [-0.15, -0.1) is 0 Å². The Labute approximate surface area is 93.8 Å². The summed E-state index contributed by atoms with van der Waals surface area (Å²) in [6.45, 7) is 7.92. The van der Waals surface area contributed by atoms with E-state index >= 15 is 0 Å². The maximum Gasteiger partial charge on any atom is 0.293 e. The molecular weight excluding hydrogens is 190 g/mol. The number of carbonyl (C=O) groups is 1. The zero-order valence-electron chi connectivity index (χ0n) is 10.4. The lowest BCUT2D eigenvalue weighted by Gasteiger charge is -2.18. The molecule has 0 heterocycles. The van der Waals surface area contributed by atoms with Gasteiger partial charge in [0, 0.05) is 0 Å². The van der Waals surface area contributed by atoms with Gasteiger partial charge in [-0.25, -0.2) is 0 Å². The van der Waals surface area contributed by atoms with Crippen LogP contribution in [0.3, 0.4) is 0 Å². The monoisotopic (exact) mass is 215 g/mol. The first kappa shape index (κ1) is 14.4. The summed E-state index contributed by atoms with van der Waals surface area (Å²) >= 11 is 0. The van der Waals surface area contributed by atoms with Crippen LogP contribution < -0.4 is 0 Å². The molecule has 0 aromatic heterocycles. The summed E-state index contributed by atoms with van der Waals surface area (Å²) in [4.78, 5) is 12.3. The topological polar surface area (TPSA) is 29.5 Å². The van der Waals surface area contributed by atoms with E-state index in [9.17, 15) is 4.79 Å². The summed E-state index contributed by atoms with van der Waals surface area (Å²) in [5.41, 5.74) is 0. The highest BCUT2D eigenvalue weighted by Crippen LogP contribution is 2.10. The predicted octanol–water partition coefficient (Wildman–Crippen LogP) is 2.31. The molecule has 0 fully saturated rings. The molecule has 3 nitrogen and oxygen atoms in total. The Morgan fingerprint density at radius 2 is 2.07 bits per heavy atom. The molecule has 0 aliphatic heterocycles. The third-order valence-electron chi connectivity index (χ3n) is 2.64. The number of hydrogen-bond donors (Lipinski definition) is 0. The van der Waals surface area contributed by atoms with E-state index in [0.717, 1.165) is 18.8 Å². The van der Waals surface area contributed by atoms with Crippen LogP contribution in [0, 0.1) is 5.92 Å². The maximum atomic E-state index is 9.91. The average Bonchev–Trinajstić information content (AvgIpc) is 2.22. The second kappa shape index (κ2) is 9.97. The van der Waals surface area contributed by atoms with Crippen molar-refractivity contribution in [3.05, 3.63) is 0 Å². The van der Waals surface area contributed by atoms with Gasteiger partial charge in [0.1, 0.15) is 0 Å². The fourth-order valence-electron chi connectivity index (χ4n) is 1.64. The Balaban J connectivity index is 3.31. The lowest BCUT2D eigenvalue weighted by molar-refractivity contribution is -0.128. The van der Waals surface area contributed by atoms with Crippen molar-refractivity contribution in [3.8, 4) is 0 Å². The van der Waals surface area contributed by atoms with Gasteiger partial charge in [-0.05, 0) is 51.7 Å². The summed E-state index contributed by atoms with van der Waals surface area (Å²) in [7, 11) is 2.17. The summed E-state index contributed by atoms with van der Waals surface area (Å²) in [5.74, 6) is 0.722. The first-order valence-electron chi connectivity index (χ1n) is 5.94. The molecule has 0 spiro atoms. The van der Waals surface area contributed by atoms with Gasteiger partial charge in [-0.3, -0.25) is 4.79 Å².